The Kier molecular flexibility index (Phi) is 6.54. The van der Waals surface area contributed by atoms with Gasteiger partial charge in [-0.15, -0.1) is 10.2 Å². The maximum atomic E-state index is 13.3. The highest BCUT2D eigenvalue weighted by Gasteiger charge is 2.20. The van der Waals surface area contributed by atoms with Gasteiger partial charge in [0.2, 0.25) is 0 Å². The van der Waals surface area contributed by atoms with Gasteiger partial charge in [-0.05, 0) is 44.2 Å². The molecule has 0 radical (unpaired) electrons. The second-order valence-corrected chi connectivity index (χ2v) is 8.60. The van der Waals surface area contributed by atoms with Gasteiger partial charge in [0.1, 0.15) is 11.6 Å². The van der Waals surface area contributed by atoms with Crippen LogP contribution in [0.4, 0.5) is 4.39 Å². The summed E-state index contributed by atoms with van der Waals surface area (Å²) in [6, 6.07) is 8.17. The fraction of sp³-hybridized carbons (Fsp3) is 0.409. The number of aromatic nitrogens is 4. The Bertz CT molecular complexity index is 1070. The number of morpholine rings is 1. The zero-order chi connectivity index (χ0) is 22.0. The number of thioether (sulfide) groups is 1. The molecule has 7 nitrogen and oxygen atoms in total. The SMILES string of the molecule is Cc1cc(C(=O)CSc2nnc(CN3CCOCC3)n2C)c(C)n1-c1ccc(F)cc1. The van der Waals surface area contributed by atoms with Gasteiger partial charge < -0.3 is 13.9 Å². The number of carbonyl (C=O) groups is 1. The van der Waals surface area contributed by atoms with Crippen molar-refractivity contribution in [2.45, 2.75) is 25.5 Å². The summed E-state index contributed by atoms with van der Waals surface area (Å²) in [6.45, 7) is 7.83. The molecule has 0 bridgehead atoms. The third-order valence-corrected chi connectivity index (χ3v) is 6.56. The summed E-state index contributed by atoms with van der Waals surface area (Å²) in [4.78, 5) is 15.2. The smallest absolute Gasteiger partial charge is 0.191 e. The number of benzene rings is 1. The number of nitrogens with zero attached hydrogens (tertiary/aromatic N) is 5. The lowest BCUT2D eigenvalue weighted by Crippen LogP contribution is -2.36. The van der Waals surface area contributed by atoms with E-state index in [1.54, 1.807) is 12.1 Å². The third-order valence-electron chi connectivity index (χ3n) is 5.54. The van der Waals surface area contributed by atoms with Crippen molar-refractivity contribution in [2.75, 3.05) is 32.1 Å². The molecule has 1 aliphatic heterocycles. The minimum Gasteiger partial charge on any atom is -0.379 e. The van der Waals surface area contributed by atoms with Gasteiger partial charge in [0.05, 0.1) is 25.5 Å². The number of hydrogen-bond donors (Lipinski definition) is 0. The van der Waals surface area contributed by atoms with Crippen molar-refractivity contribution in [2.24, 2.45) is 7.05 Å². The Morgan fingerprint density at radius 1 is 1.16 bits per heavy atom. The molecular formula is C22H26FN5O2S. The van der Waals surface area contributed by atoms with Crippen molar-refractivity contribution in [3.05, 3.63) is 58.9 Å². The van der Waals surface area contributed by atoms with Crippen LogP contribution in [0.3, 0.4) is 0 Å². The van der Waals surface area contributed by atoms with Crippen LogP contribution in [0.1, 0.15) is 27.6 Å². The molecule has 0 amide bonds. The van der Waals surface area contributed by atoms with Crippen molar-refractivity contribution in [3.63, 3.8) is 0 Å². The van der Waals surface area contributed by atoms with Crippen LogP contribution in [0.2, 0.25) is 0 Å². The second kappa shape index (κ2) is 9.33. The van der Waals surface area contributed by atoms with Gasteiger partial charge in [-0.3, -0.25) is 9.69 Å². The summed E-state index contributed by atoms with van der Waals surface area (Å²) >= 11 is 1.39. The molecule has 0 saturated carbocycles. The van der Waals surface area contributed by atoms with Gasteiger partial charge in [0, 0.05) is 42.8 Å². The predicted molar refractivity (Wildman–Crippen MR) is 117 cm³/mol. The Labute approximate surface area is 185 Å². The molecule has 2 aromatic heterocycles. The van der Waals surface area contributed by atoms with E-state index in [0.29, 0.717) is 5.56 Å². The maximum Gasteiger partial charge on any atom is 0.191 e. The minimum atomic E-state index is -0.282. The zero-order valence-corrected chi connectivity index (χ0v) is 18.8. The van der Waals surface area contributed by atoms with Crippen LogP contribution in [0.25, 0.3) is 5.69 Å². The van der Waals surface area contributed by atoms with Crippen LogP contribution in [-0.2, 0) is 18.3 Å². The third kappa shape index (κ3) is 4.73. The average molecular weight is 444 g/mol. The normalized spacial score (nSPS) is 14.8. The number of ketones is 1. The van der Waals surface area contributed by atoms with Crippen molar-refractivity contribution >= 4 is 17.5 Å². The second-order valence-electron chi connectivity index (χ2n) is 7.65. The van der Waals surface area contributed by atoms with Crippen molar-refractivity contribution in [1.29, 1.82) is 0 Å². The molecule has 1 aliphatic rings. The molecule has 31 heavy (non-hydrogen) atoms. The molecule has 1 aromatic carbocycles. The fourth-order valence-electron chi connectivity index (χ4n) is 3.81. The Hall–Kier alpha value is -2.49. The van der Waals surface area contributed by atoms with E-state index in [2.05, 4.69) is 15.1 Å². The number of rotatable bonds is 7. The number of halogens is 1. The van der Waals surface area contributed by atoms with Gasteiger partial charge in [0.25, 0.3) is 0 Å². The van der Waals surface area contributed by atoms with Gasteiger partial charge in [-0.2, -0.15) is 0 Å². The summed E-state index contributed by atoms with van der Waals surface area (Å²) in [5.41, 5.74) is 3.29. The lowest BCUT2D eigenvalue weighted by Gasteiger charge is -2.25. The molecule has 0 spiro atoms. The van der Waals surface area contributed by atoms with Crippen LogP contribution in [-0.4, -0.2) is 62.1 Å². The van der Waals surface area contributed by atoms with E-state index in [9.17, 15) is 9.18 Å². The summed E-state index contributed by atoms with van der Waals surface area (Å²) < 4.78 is 22.6. The number of carbonyl (C=O) groups excluding carboxylic acids is 1. The van der Waals surface area contributed by atoms with Crippen molar-refractivity contribution < 1.29 is 13.9 Å². The van der Waals surface area contributed by atoms with Crippen molar-refractivity contribution in [3.8, 4) is 5.69 Å². The number of ether oxygens (including phenoxy) is 1. The van der Waals surface area contributed by atoms with E-state index < -0.39 is 0 Å². The van der Waals surface area contributed by atoms with Gasteiger partial charge in [-0.1, -0.05) is 11.8 Å². The predicted octanol–water partition coefficient (Wildman–Crippen LogP) is 3.17. The highest BCUT2D eigenvalue weighted by Crippen LogP contribution is 2.24. The van der Waals surface area contributed by atoms with Gasteiger partial charge >= 0.3 is 0 Å². The average Bonchev–Trinajstić information content (AvgIpc) is 3.26. The lowest BCUT2D eigenvalue weighted by molar-refractivity contribution is 0.0326. The van der Waals surface area contributed by atoms with Crippen LogP contribution in [0.15, 0.2) is 35.5 Å². The van der Waals surface area contributed by atoms with Gasteiger partial charge in [0.15, 0.2) is 10.9 Å². The highest BCUT2D eigenvalue weighted by atomic mass is 32.2. The molecule has 0 aliphatic carbocycles. The summed E-state index contributed by atoms with van der Waals surface area (Å²) in [7, 11) is 1.93. The van der Waals surface area contributed by atoms with Crippen LogP contribution < -0.4 is 0 Å². The van der Waals surface area contributed by atoms with E-state index in [0.717, 1.165) is 60.9 Å². The summed E-state index contributed by atoms with van der Waals surface area (Å²) in [5, 5.41) is 9.31. The number of hydrogen-bond acceptors (Lipinski definition) is 6. The monoisotopic (exact) mass is 443 g/mol. The number of aryl methyl sites for hydroxylation is 1. The lowest BCUT2D eigenvalue weighted by atomic mass is 10.2. The maximum absolute atomic E-state index is 13.3. The molecular weight excluding hydrogens is 417 g/mol. The van der Waals surface area contributed by atoms with E-state index in [-0.39, 0.29) is 17.4 Å². The zero-order valence-electron chi connectivity index (χ0n) is 18.0. The molecule has 164 valence electrons. The quantitative estimate of drug-likeness (QED) is 0.413. The first-order valence-electron chi connectivity index (χ1n) is 10.2. The largest absolute Gasteiger partial charge is 0.379 e. The van der Waals surface area contributed by atoms with Crippen LogP contribution in [0.5, 0.6) is 0 Å². The highest BCUT2D eigenvalue weighted by molar-refractivity contribution is 7.99. The molecule has 9 heteroatoms. The first-order chi connectivity index (χ1) is 14.9. The fourth-order valence-corrected chi connectivity index (χ4v) is 4.62. The molecule has 4 rings (SSSR count). The molecule has 1 saturated heterocycles. The first-order valence-corrected chi connectivity index (χ1v) is 11.2. The summed E-state index contributed by atoms with van der Waals surface area (Å²) in [5.74, 6) is 0.906. The molecule has 3 heterocycles. The van der Waals surface area contributed by atoms with E-state index >= 15 is 0 Å². The van der Waals surface area contributed by atoms with E-state index in [4.69, 9.17) is 4.74 Å². The Morgan fingerprint density at radius 2 is 1.87 bits per heavy atom. The molecule has 0 atom stereocenters. The molecule has 0 N–H and O–H groups in total. The number of Topliss-reactive ketones (excluding diaryl/α,β-unsaturated/α-hetero) is 1. The van der Waals surface area contributed by atoms with E-state index in [1.807, 2.05) is 36.1 Å². The molecule has 0 unspecified atom stereocenters. The van der Waals surface area contributed by atoms with Crippen molar-refractivity contribution in [1.82, 2.24) is 24.2 Å². The Morgan fingerprint density at radius 3 is 2.58 bits per heavy atom. The van der Waals surface area contributed by atoms with Crippen LogP contribution >= 0.6 is 11.8 Å². The standard InChI is InChI=1S/C22H26FN5O2S/c1-15-12-19(16(2)28(15)18-6-4-17(23)5-7-18)20(29)14-31-22-25-24-21(26(22)3)13-27-8-10-30-11-9-27/h4-7,12H,8-11,13-14H2,1-3H3. The first kappa shape index (κ1) is 21.7. The Balaban J connectivity index is 1.43. The van der Waals surface area contributed by atoms with Crippen LogP contribution in [0, 0.1) is 19.7 Å². The van der Waals surface area contributed by atoms with Gasteiger partial charge in [-0.25, -0.2) is 4.39 Å². The molecule has 3 aromatic rings. The summed E-state index contributed by atoms with van der Waals surface area (Å²) in [6.07, 6.45) is 0. The topological polar surface area (TPSA) is 65.2 Å². The minimum absolute atomic E-state index is 0.0317. The molecule has 1 fully saturated rings. The van der Waals surface area contributed by atoms with E-state index in [1.165, 1.54) is 23.9 Å².